The van der Waals surface area contributed by atoms with Gasteiger partial charge in [0.25, 0.3) is 0 Å². The van der Waals surface area contributed by atoms with E-state index in [1.165, 1.54) is 10.6 Å². The van der Waals surface area contributed by atoms with Gasteiger partial charge in [0, 0.05) is 51.2 Å². The number of terminal acetylenes is 1. The van der Waals surface area contributed by atoms with Gasteiger partial charge in [0.05, 0.1) is 22.6 Å². The summed E-state index contributed by atoms with van der Waals surface area (Å²) < 4.78 is 11.2. The molecule has 0 N–H and O–H groups in total. The van der Waals surface area contributed by atoms with Crippen LogP contribution in [0.4, 0.5) is 0 Å². The molecule has 0 bridgehead atoms. The first kappa shape index (κ1) is 21.9. The molecule has 7 heteroatoms. The second kappa shape index (κ2) is 9.05. The number of aryl methyl sites for hydroxylation is 3. The third kappa shape index (κ3) is 4.51. The smallest absolute Gasteiger partial charge is 0.250 e. The molecule has 0 aliphatic heterocycles. The number of ether oxygens (including phenoxy) is 1. The fraction of sp³-hybridized carbons (Fsp3) is 0.192. The summed E-state index contributed by atoms with van der Waals surface area (Å²) in [6.45, 7) is 2.41. The third-order valence-corrected chi connectivity index (χ3v) is 5.51. The van der Waals surface area contributed by atoms with Gasteiger partial charge >= 0.3 is 0 Å². The maximum Gasteiger partial charge on any atom is 0.250 e. The summed E-state index contributed by atoms with van der Waals surface area (Å²) in [5, 5.41) is 6.22. The van der Waals surface area contributed by atoms with Crippen LogP contribution in [-0.4, -0.2) is 23.9 Å². The van der Waals surface area contributed by atoms with E-state index in [2.05, 4.69) is 28.1 Å². The number of imidazole rings is 1. The Kier molecular flexibility index (Phi) is 6.01. The first-order chi connectivity index (χ1) is 15.9. The van der Waals surface area contributed by atoms with E-state index in [1.807, 2.05) is 43.9 Å². The largest absolute Gasteiger partial charge is 0.471 e. The number of hydrogen-bond donors (Lipinski definition) is 0. The van der Waals surface area contributed by atoms with Crippen molar-refractivity contribution in [1.29, 1.82) is 0 Å². The molecule has 0 aliphatic carbocycles. The number of hydrogen-bond acceptors (Lipinski definition) is 4. The normalized spacial score (nSPS) is 12.5. The molecule has 0 fully saturated rings. The van der Waals surface area contributed by atoms with Crippen LogP contribution in [0.2, 0.25) is 0 Å². The predicted octanol–water partition coefficient (Wildman–Crippen LogP) is 1.73. The average molecular weight is 440 g/mol. The zero-order chi connectivity index (χ0) is 23.5. The maximum absolute atomic E-state index is 11.7. The van der Waals surface area contributed by atoms with Gasteiger partial charge in [0.1, 0.15) is 6.61 Å². The van der Waals surface area contributed by atoms with Gasteiger partial charge in [-0.15, -0.1) is 11.5 Å². The van der Waals surface area contributed by atoms with Crippen LogP contribution in [0.25, 0.3) is 22.8 Å². The van der Waals surface area contributed by atoms with Gasteiger partial charge in [-0.3, -0.25) is 9.48 Å². The lowest BCUT2D eigenvalue weighted by atomic mass is 10.1. The Morgan fingerprint density at radius 3 is 2.55 bits per heavy atom. The highest BCUT2D eigenvalue weighted by molar-refractivity contribution is 5.67. The minimum absolute atomic E-state index is 0.0627. The first-order valence-corrected chi connectivity index (χ1v) is 10.4. The highest BCUT2D eigenvalue weighted by atomic mass is 16.5. The van der Waals surface area contributed by atoms with E-state index in [-0.39, 0.29) is 5.56 Å². The Morgan fingerprint density at radius 2 is 1.85 bits per heavy atom. The molecule has 0 saturated carbocycles. The number of nitrogens with zero attached hydrogens (tertiary/aromatic N) is 5. The van der Waals surface area contributed by atoms with Gasteiger partial charge in [0.2, 0.25) is 11.4 Å². The van der Waals surface area contributed by atoms with Gasteiger partial charge in [-0.25, -0.2) is 4.98 Å². The number of benzene rings is 1. The third-order valence-electron chi connectivity index (χ3n) is 5.51. The summed E-state index contributed by atoms with van der Waals surface area (Å²) in [7, 11) is 5.49. The molecule has 33 heavy (non-hydrogen) atoms. The van der Waals surface area contributed by atoms with Crippen molar-refractivity contribution in [3.05, 3.63) is 87.3 Å². The molecule has 0 aliphatic rings. The van der Waals surface area contributed by atoms with Crippen LogP contribution >= 0.6 is 0 Å². The van der Waals surface area contributed by atoms with Crippen LogP contribution in [-0.2, 0) is 27.7 Å². The van der Waals surface area contributed by atoms with E-state index in [1.54, 1.807) is 36.4 Å². The molecule has 0 saturated heterocycles. The zero-order valence-corrected chi connectivity index (χ0v) is 19.1. The van der Waals surface area contributed by atoms with Gasteiger partial charge in [-0.05, 0) is 29.7 Å². The monoisotopic (exact) mass is 439 g/mol. The van der Waals surface area contributed by atoms with Crippen LogP contribution in [0.5, 0.6) is 5.88 Å². The van der Waals surface area contributed by atoms with Crippen molar-refractivity contribution >= 4 is 11.6 Å². The van der Waals surface area contributed by atoms with E-state index in [4.69, 9.17) is 11.2 Å². The fourth-order valence-corrected chi connectivity index (χ4v) is 3.64. The zero-order valence-electron chi connectivity index (χ0n) is 19.1. The number of pyridine rings is 1. The lowest BCUT2D eigenvalue weighted by Gasteiger charge is -2.08. The van der Waals surface area contributed by atoms with Crippen LogP contribution in [0, 0.1) is 12.3 Å². The van der Waals surface area contributed by atoms with Crippen molar-refractivity contribution in [3.63, 3.8) is 0 Å². The summed E-state index contributed by atoms with van der Waals surface area (Å²) in [5.41, 5.74) is 4.77. The van der Waals surface area contributed by atoms with Crippen LogP contribution in [0.15, 0.2) is 59.9 Å². The Balaban J connectivity index is 1.57. The second-order valence-electron chi connectivity index (χ2n) is 7.90. The molecule has 0 radical (unpaired) electrons. The van der Waals surface area contributed by atoms with Crippen molar-refractivity contribution < 1.29 is 4.74 Å². The van der Waals surface area contributed by atoms with Crippen molar-refractivity contribution in [2.75, 3.05) is 0 Å². The van der Waals surface area contributed by atoms with Gasteiger partial charge in [-0.1, -0.05) is 30.2 Å². The summed E-state index contributed by atoms with van der Waals surface area (Å²) in [5.74, 6) is 3.10. The molecule has 0 amide bonds. The predicted molar refractivity (Wildman–Crippen MR) is 129 cm³/mol. The molecule has 0 spiro atoms. The minimum Gasteiger partial charge on any atom is -0.471 e. The Morgan fingerprint density at radius 1 is 1.09 bits per heavy atom. The molecule has 7 nitrogen and oxygen atoms in total. The SMILES string of the molecule is C#C/C=c1\c(=C(/C)c2ccc(COc3nn(C)cc3-c3ccc(=O)n(C)c3)cc2)ncn1C. The highest BCUT2D eigenvalue weighted by Crippen LogP contribution is 2.28. The van der Waals surface area contributed by atoms with Crippen molar-refractivity contribution in [2.45, 2.75) is 13.5 Å². The second-order valence-corrected chi connectivity index (χ2v) is 7.90. The lowest BCUT2D eigenvalue weighted by molar-refractivity contribution is 0.292. The summed E-state index contributed by atoms with van der Waals surface area (Å²) in [4.78, 5) is 16.2. The van der Waals surface area contributed by atoms with E-state index in [9.17, 15) is 4.79 Å². The summed E-state index contributed by atoms with van der Waals surface area (Å²) >= 11 is 0. The van der Waals surface area contributed by atoms with E-state index in [0.29, 0.717) is 12.5 Å². The molecule has 3 heterocycles. The van der Waals surface area contributed by atoms with Gasteiger partial charge in [0.15, 0.2) is 0 Å². The van der Waals surface area contributed by atoms with Crippen molar-refractivity contribution in [3.8, 4) is 29.4 Å². The molecule has 3 aromatic heterocycles. The van der Waals surface area contributed by atoms with E-state index < -0.39 is 0 Å². The highest BCUT2D eigenvalue weighted by Gasteiger charge is 2.13. The van der Waals surface area contributed by atoms with E-state index in [0.717, 1.165) is 38.5 Å². The molecule has 166 valence electrons. The lowest BCUT2D eigenvalue weighted by Crippen LogP contribution is -2.30. The molecular formula is C26H25N5O2. The number of rotatable bonds is 5. The summed E-state index contributed by atoms with van der Waals surface area (Å²) in [6.07, 6.45) is 12.6. The number of aromatic nitrogens is 5. The standard InChI is InChI=1S/C26H25N5O2/c1-6-7-23-25(27-17-30(23)4)18(2)20-10-8-19(9-11-20)16-33-26-22(15-31(5)28-26)21-12-13-24(32)29(3)14-21/h1,7-15,17H,16H2,2-5H3/b23-7+,25-18-. The topological polar surface area (TPSA) is 66.9 Å². The van der Waals surface area contributed by atoms with Crippen molar-refractivity contribution in [1.82, 2.24) is 23.9 Å². The summed E-state index contributed by atoms with van der Waals surface area (Å²) in [6, 6.07) is 11.5. The average Bonchev–Trinajstić information content (AvgIpc) is 3.36. The van der Waals surface area contributed by atoms with Crippen LogP contribution in [0.1, 0.15) is 18.1 Å². The molecule has 0 atom stereocenters. The van der Waals surface area contributed by atoms with Crippen molar-refractivity contribution in [2.24, 2.45) is 21.1 Å². The fourth-order valence-electron chi connectivity index (χ4n) is 3.64. The molecule has 4 rings (SSSR count). The Labute approximate surface area is 191 Å². The first-order valence-electron chi connectivity index (χ1n) is 10.4. The van der Waals surface area contributed by atoms with Gasteiger partial charge in [-0.2, -0.15) is 0 Å². The Bertz CT molecular complexity index is 1530. The van der Waals surface area contributed by atoms with Gasteiger partial charge < -0.3 is 13.9 Å². The molecular weight excluding hydrogens is 414 g/mol. The quantitative estimate of drug-likeness (QED) is 0.444. The maximum atomic E-state index is 11.7. The van der Waals surface area contributed by atoms with Crippen LogP contribution < -0.4 is 21.0 Å². The van der Waals surface area contributed by atoms with Crippen LogP contribution in [0.3, 0.4) is 0 Å². The van der Waals surface area contributed by atoms with E-state index >= 15 is 0 Å². The minimum atomic E-state index is -0.0627. The molecule has 4 aromatic rings. The Hall–Kier alpha value is -4.31. The molecule has 1 aromatic carbocycles. The molecule has 0 unspecified atom stereocenters.